The predicted octanol–water partition coefficient (Wildman–Crippen LogP) is 7.24. The van der Waals surface area contributed by atoms with E-state index in [1.54, 1.807) is 0 Å². The van der Waals surface area contributed by atoms with Gasteiger partial charge in [0.05, 0.1) is 0 Å². The molecule has 0 atom stereocenters. The molecule has 0 aliphatic carbocycles. The van der Waals surface area contributed by atoms with Gasteiger partial charge in [0.15, 0.2) is 5.84 Å². The molecule has 1 N–H and O–H groups in total. The second kappa shape index (κ2) is 10.4. The van der Waals surface area contributed by atoms with E-state index < -0.39 is 0 Å². The first-order valence-corrected chi connectivity index (χ1v) is 11.8. The molecule has 0 radical (unpaired) electrons. The number of rotatable bonds is 6. The first-order chi connectivity index (χ1) is 16.5. The molecule has 3 heteroatoms. The Kier molecular flexibility index (Phi) is 7.12. The number of nitrogens with one attached hydrogen (secondary N) is 1. The summed E-state index contributed by atoms with van der Waals surface area (Å²) in [6, 6.07) is 38.5. The number of hydrogen-bond acceptors (Lipinski definition) is 2. The van der Waals surface area contributed by atoms with Gasteiger partial charge in [0.2, 0.25) is 0 Å². The van der Waals surface area contributed by atoms with Crippen molar-refractivity contribution in [1.29, 1.82) is 0 Å². The minimum absolute atomic E-state index is 0.136. The van der Waals surface area contributed by atoms with Crippen LogP contribution in [0.1, 0.15) is 37.5 Å². The van der Waals surface area contributed by atoms with E-state index in [1.807, 2.05) is 19.2 Å². The Morgan fingerprint density at radius 1 is 0.706 bits per heavy atom. The molecule has 0 unspecified atom stereocenters. The average molecular weight is 448 g/mol. The van der Waals surface area contributed by atoms with Crippen molar-refractivity contribution in [2.75, 3.05) is 11.9 Å². The molecule has 0 saturated carbocycles. The third-order valence-corrected chi connectivity index (χ3v) is 5.95. The van der Waals surface area contributed by atoms with Crippen molar-refractivity contribution in [3.8, 4) is 11.1 Å². The standard InChI is InChI=1S/C31H33N3/c1-31(2,3)28-21-15-24(16-22-28)23-34(29-13-9-6-10-14-29)30(33-32-4)27-19-17-26(18-20-27)25-11-7-5-8-12-25/h5-22,32H,23H2,1-4H3/b33-30-. The van der Waals surface area contributed by atoms with E-state index in [2.05, 4.69) is 128 Å². The molecule has 0 aliphatic rings. The zero-order valence-corrected chi connectivity index (χ0v) is 20.5. The molecule has 0 fully saturated rings. The summed E-state index contributed by atoms with van der Waals surface area (Å²) in [5.41, 5.74) is 10.3. The van der Waals surface area contributed by atoms with E-state index in [0.29, 0.717) is 0 Å². The molecule has 0 bridgehead atoms. The largest absolute Gasteiger partial charge is 0.320 e. The van der Waals surface area contributed by atoms with Gasteiger partial charge in [-0.2, -0.15) is 5.10 Å². The van der Waals surface area contributed by atoms with Crippen LogP contribution in [0.5, 0.6) is 0 Å². The molecule has 0 aromatic heterocycles. The average Bonchev–Trinajstić information content (AvgIpc) is 2.87. The molecule has 0 aliphatic heterocycles. The zero-order valence-electron chi connectivity index (χ0n) is 20.5. The lowest BCUT2D eigenvalue weighted by atomic mass is 9.87. The lowest BCUT2D eigenvalue weighted by Gasteiger charge is -2.27. The summed E-state index contributed by atoms with van der Waals surface area (Å²) in [5.74, 6) is 0.883. The van der Waals surface area contributed by atoms with Crippen LogP contribution in [0.25, 0.3) is 11.1 Å². The Morgan fingerprint density at radius 2 is 1.26 bits per heavy atom. The smallest absolute Gasteiger partial charge is 0.160 e. The first kappa shape index (κ1) is 23.3. The van der Waals surface area contributed by atoms with E-state index in [-0.39, 0.29) is 5.41 Å². The normalized spacial score (nSPS) is 11.8. The highest BCUT2D eigenvalue weighted by atomic mass is 15.3. The number of amidine groups is 1. The van der Waals surface area contributed by atoms with E-state index in [1.165, 1.54) is 22.3 Å². The van der Waals surface area contributed by atoms with Crippen molar-refractivity contribution in [2.45, 2.75) is 32.7 Å². The van der Waals surface area contributed by atoms with Gasteiger partial charge in [-0.15, -0.1) is 0 Å². The number of hydrogen-bond donors (Lipinski definition) is 1. The van der Waals surface area contributed by atoms with E-state index in [9.17, 15) is 0 Å². The highest BCUT2D eigenvalue weighted by Gasteiger charge is 2.18. The molecular weight excluding hydrogens is 414 g/mol. The van der Waals surface area contributed by atoms with Gasteiger partial charge in [-0.25, -0.2) is 0 Å². The Bertz CT molecular complexity index is 1200. The topological polar surface area (TPSA) is 27.6 Å². The third kappa shape index (κ3) is 5.55. The van der Waals surface area contributed by atoms with Crippen LogP contribution < -0.4 is 10.3 Å². The fourth-order valence-corrected chi connectivity index (χ4v) is 4.02. The fourth-order valence-electron chi connectivity index (χ4n) is 4.02. The van der Waals surface area contributed by atoms with Crippen molar-refractivity contribution in [2.24, 2.45) is 5.10 Å². The van der Waals surface area contributed by atoms with E-state index >= 15 is 0 Å². The number of nitrogens with zero attached hydrogens (tertiary/aromatic N) is 2. The maximum Gasteiger partial charge on any atom is 0.160 e. The van der Waals surface area contributed by atoms with Gasteiger partial charge in [-0.05, 0) is 39.8 Å². The molecule has 3 nitrogen and oxygen atoms in total. The van der Waals surface area contributed by atoms with Crippen molar-refractivity contribution in [3.63, 3.8) is 0 Å². The molecule has 0 saturated heterocycles. The van der Waals surface area contributed by atoms with Gasteiger partial charge >= 0.3 is 0 Å². The zero-order chi connectivity index (χ0) is 24.0. The summed E-state index contributed by atoms with van der Waals surface area (Å²) in [4.78, 5) is 2.26. The summed E-state index contributed by atoms with van der Waals surface area (Å²) in [6.45, 7) is 7.45. The van der Waals surface area contributed by atoms with Crippen LogP contribution in [0.2, 0.25) is 0 Å². The molecule has 4 rings (SSSR count). The third-order valence-electron chi connectivity index (χ3n) is 5.95. The lowest BCUT2D eigenvalue weighted by molar-refractivity contribution is 0.590. The summed E-state index contributed by atoms with van der Waals surface area (Å²) >= 11 is 0. The summed E-state index contributed by atoms with van der Waals surface area (Å²) in [6.07, 6.45) is 0. The van der Waals surface area contributed by atoms with Crippen molar-refractivity contribution in [3.05, 3.63) is 126 Å². The van der Waals surface area contributed by atoms with Gasteiger partial charge in [0.1, 0.15) is 0 Å². The molecule has 0 heterocycles. The summed E-state index contributed by atoms with van der Waals surface area (Å²) in [7, 11) is 1.85. The molecule has 172 valence electrons. The molecule has 4 aromatic carbocycles. The van der Waals surface area contributed by atoms with Gasteiger partial charge < -0.3 is 10.3 Å². The highest BCUT2D eigenvalue weighted by Crippen LogP contribution is 2.26. The maximum absolute atomic E-state index is 4.72. The van der Waals surface area contributed by atoms with Gasteiger partial charge in [0.25, 0.3) is 0 Å². The summed E-state index contributed by atoms with van der Waals surface area (Å²) < 4.78 is 0. The van der Waals surface area contributed by atoms with E-state index in [0.717, 1.165) is 23.6 Å². The SMILES string of the molecule is CN/N=C(/c1ccc(-c2ccccc2)cc1)N(Cc1ccc(C(C)(C)C)cc1)c1ccccc1. The van der Waals surface area contributed by atoms with Crippen LogP contribution in [-0.2, 0) is 12.0 Å². The second-order valence-electron chi connectivity index (χ2n) is 9.47. The number of anilines is 1. The van der Waals surface area contributed by atoms with E-state index in [4.69, 9.17) is 5.10 Å². The molecule has 4 aromatic rings. The van der Waals surface area contributed by atoms with Crippen molar-refractivity contribution >= 4 is 11.5 Å². The van der Waals surface area contributed by atoms with Crippen molar-refractivity contribution in [1.82, 2.24) is 5.43 Å². The number of benzene rings is 4. The Balaban J connectivity index is 1.69. The van der Waals surface area contributed by atoms with Crippen LogP contribution in [-0.4, -0.2) is 12.9 Å². The molecule has 34 heavy (non-hydrogen) atoms. The number of hydrazone groups is 1. The number of para-hydroxylation sites is 1. The lowest BCUT2D eigenvalue weighted by Crippen LogP contribution is -2.32. The Labute approximate surface area is 203 Å². The highest BCUT2D eigenvalue weighted by molar-refractivity contribution is 6.10. The minimum atomic E-state index is 0.136. The molecule has 0 amide bonds. The molecular formula is C31H33N3. The quantitative estimate of drug-likeness (QED) is 0.192. The second-order valence-corrected chi connectivity index (χ2v) is 9.47. The van der Waals surface area contributed by atoms with Crippen LogP contribution in [0.15, 0.2) is 114 Å². The fraction of sp³-hybridized carbons (Fsp3) is 0.194. The van der Waals surface area contributed by atoms with Gasteiger partial charge in [-0.3, -0.25) is 0 Å². The van der Waals surface area contributed by atoms with Crippen LogP contribution in [0.3, 0.4) is 0 Å². The van der Waals surface area contributed by atoms with Crippen LogP contribution in [0, 0.1) is 0 Å². The maximum atomic E-state index is 4.72. The first-order valence-electron chi connectivity index (χ1n) is 11.8. The predicted molar refractivity (Wildman–Crippen MR) is 145 cm³/mol. The molecule has 0 spiro atoms. The monoisotopic (exact) mass is 447 g/mol. The van der Waals surface area contributed by atoms with Crippen LogP contribution >= 0.6 is 0 Å². The van der Waals surface area contributed by atoms with Crippen molar-refractivity contribution < 1.29 is 0 Å². The minimum Gasteiger partial charge on any atom is -0.320 e. The van der Waals surface area contributed by atoms with Crippen LogP contribution in [0.4, 0.5) is 5.69 Å². The Morgan fingerprint density at radius 3 is 1.82 bits per heavy atom. The summed E-state index contributed by atoms with van der Waals surface area (Å²) in [5, 5.41) is 4.72. The van der Waals surface area contributed by atoms with Gasteiger partial charge in [0, 0.05) is 24.8 Å². The Hall–Kier alpha value is -3.85. The van der Waals surface area contributed by atoms with Gasteiger partial charge in [-0.1, -0.05) is 118 Å².